The maximum Gasteiger partial charge on any atom is 0.162 e. The molecule has 0 heterocycles. The van der Waals surface area contributed by atoms with Gasteiger partial charge in [-0.1, -0.05) is 46.3 Å². The summed E-state index contributed by atoms with van der Waals surface area (Å²) in [5, 5.41) is 20.5. The molecular weight excluding hydrogens is 370 g/mol. The third-order valence-corrected chi connectivity index (χ3v) is 3.81. The van der Waals surface area contributed by atoms with Crippen LogP contribution in [0, 0.1) is 0 Å². The lowest BCUT2D eigenvalue weighted by molar-refractivity contribution is 0.143. The molecule has 4 N–H and O–H groups in total. The Bertz CT molecular complexity index is 610. The highest BCUT2D eigenvalue weighted by atomic mass is 79.9. The molecule has 0 aliphatic carbocycles. The number of methoxy groups -OCH3 is 1. The topological polar surface area (TPSA) is 75.7 Å². The highest BCUT2D eigenvalue weighted by Crippen LogP contribution is 2.37. The molecule has 0 bridgehead atoms. The Labute approximate surface area is 144 Å². The number of benzene rings is 2. The molecule has 0 radical (unpaired) electrons. The van der Waals surface area contributed by atoms with Crippen LogP contribution in [0.3, 0.4) is 0 Å². The zero-order valence-electron chi connectivity index (χ0n) is 12.1. The molecule has 4 nitrogen and oxygen atoms in total. The molecule has 22 heavy (non-hydrogen) atoms. The highest BCUT2D eigenvalue weighted by molar-refractivity contribution is 9.10. The van der Waals surface area contributed by atoms with Crippen LogP contribution in [-0.4, -0.2) is 23.4 Å². The van der Waals surface area contributed by atoms with Crippen molar-refractivity contribution in [2.45, 2.75) is 18.6 Å². The molecule has 0 aromatic heterocycles. The Morgan fingerprint density at radius 1 is 1.23 bits per heavy atom. The van der Waals surface area contributed by atoms with Gasteiger partial charge in [-0.25, -0.2) is 0 Å². The van der Waals surface area contributed by atoms with E-state index in [0.717, 1.165) is 10.0 Å². The molecule has 2 aromatic carbocycles. The minimum atomic E-state index is -0.808. The maximum absolute atomic E-state index is 10.3. The molecule has 2 aromatic rings. The number of nitrogens with two attached hydrogens (primary N) is 1. The van der Waals surface area contributed by atoms with Crippen LogP contribution in [0.15, 0.2) is 46.9 Å². The van der Waals surface area contributed by atoms with E-state index in [0.29, 0.717) is 17.7 Å². The zero-order valence-corrected chi connectivity index (χ0v) is 14.5. The Balaban J connectivity index is 0.00000242. The average molecular weight is 389 g/mol. The second-order valence-corrected chi connectivity index (χ2v) is 5.74. The van der Waals surface area contributed by atoms with Crippen LogP contribution in [0.1, 0.15) is 17.2 Å². The first-order valence-electron chi connectivity index (χ1n) is 6.57. The van der Waals surface area contributed by atoms with Gasteiger partial charge in [0.1, 0.15) is 0 Å². The number of phenolic OH excluding ortho intramolecular Hbond substituents is 1. The van der Waals surface area contributed by atoms with Crippen LogP contribution in [0.4, 0.5) is 0 Å². The average Bonchev–Trinajstić information content (AvgIpc) is 2.49. The van der Waals surface area contributed by atoms with Gasteiger partial charge in [-0.05, 0) is 17.7 Å². The Hall–Kier alpha value is -1.27. The summed E-state index contributed by atoms with van der Waals surface area (Å²) >= 11 is 3.34. The van der Waals surface area contributed by atoms with E-state index < -0.39 is 12.1 Å². The Morgan fingerprint density at radius 3 is 2.45 bits per heavy atom. The number of halogens is 2. The predicted octanol–water partition coefficient (Wildman–Crippen LogP) is 3.19. The Morgan fingerprint density at radius 2 is 1.86 bits per heavy atom. The van der Waals surface area contributed by atoms with E-state index in [1.54, 1.807) is 12.1 Å². The van der Waals surface area contributed by atoms with Crippen molar-refractivity contribution in [3.05, 3.63) is 58.1 Å². The molecule has 0 fully saturated rings. The van der Waals surface area contributed by atoms with E-state index in [9.17, 15) is 10.2 Å². The van der Waals surface area contributed by atoms with E-state index >= 15 is 0 Å². The maximum atomic E-state index is 10.3. The number of hydrogen-bond acceptors (Lipinski definition) is 4. The van der Waals surface area contributed by atoms with E-state index in [-0.39, 0.29) is 18.2 Å². The molecule has 120 valence electrons. The van der Waals surface area contributed by atoms with Crippen LogP contribution in [0.2, 0.25) is 0 Å². The summed E-state index contributed by atoms with van der Waals surface area (Å²) in [6, 6.07) is 12.2. The molecule has 0 saturated heterocycles. The van der Waals surface area contributed by atoms with Crippen LogP contribution in [0.25, 0.3) is 0 Å². The third kappa shape index (κ3) is 4.36. The van der Waals surface area contributed by atoms with E-state index in [1.807, 2.05) is 30.3 Å². The lowest BCUT2D eigenvalue weighted by Gasteiger charge is -2.21. The van der Waals surface area contributed by atoms with Crippen LogP contribution in [0.5, 0.6) is 11.5 Å². The van der Waals surface area contributed by atoms with Gasteiger partial charge in [0.2, 0.25) is 0 Å². The number of aliphatic hydroxyl groups is 1. The van der Waals surface area contributed by atoms with Gasteiger partial charge in [-0.3, -0.25) is 0 Å². The molecule has 0 spiro atoms. The van der Waals surface area contributed by atoms with Gasteiger partial charge in [0.25, 0.3) is 0 Å². The first-order valence-corrected chi connectivity index (χ1v) is 7.36. The summed E-state index contributed by atoms with van der Waals surface area (Å²) in [4.78, 5) is 0. The second kappa shape index (κ2) is 8.39. The fraction of sp³-hybridized carbons (Fsp3) is 0.250. The number of phenols is 1. The minimum absolute atomic E-state index is 0. The van der Waals surface area contributed by atoms with Crippen molar-refractivity contribution in [2.75, 3.05) is 7.11 Å². The van der Waals surface area contributed by atoms with E-state index in [1.165, 1.54) is 7.11 Å². The fourth-order valence-electron chi connectivity index (χ4n) is 2.19. The van der Waals surface area contributed by atoms with Crippen LogP contribution < -0.4 is 10.5 Å². The summed E-state index contributed by atoms with van der Waals surface area (Å²) in [5.41, 5.74) is 7.53. The molecule has 0 unspecified atom stereocenters. The quantitative estimate of drug-likeness (QED) is 0.735. The summed E-state index contributed by atoms with van der Waals surface area (Å²) in [6.07, 6.45) is -0.395. The lowest BCUT2D eigenvalue weighted by Crippen LogP contribution is -2.28. The minimum Gasteiger partial charge on any atom is -0.504 e. The van der Waals surface area contributed by atoms with Crippen molar-refractivity contribution in [1.29, 1.82) is 0 Å². The smallest absolute Gasteiger partial charge is 0.162 e. The van der Waals surface area contributed by atoms with Gasteiger partial charge in [-0.2, -0.15) is 0 Å². The van der Waals surface area contributed by atoms with Gasteiger partial charge >= 0.3 is 0 Å². The van der Waals surface area contributed by atoms with Crippen LogP contribution in [-0.2, 0) is 6.42 Å². The normalized spacial score (nSPS) is 13.1. The standard InChI is InChI=1S/C16H18BrNO3.ClH/c1-21-14-9-11(17)8-12(16(14)20)15(18)13(19)7-10-5-3-2-4-6-10;/h2-6,8-9,13,15,19-20H,7,18H2,1H3;1H/t13-,15+;/m0./s1. The first-order chi connectivity index (χ1) is 10.0. The summed E-state index contributed by atoms with van der Waals surface area (Å²) in [5.74, 6) is 0.280. The van der Waals surface area contributed by atoms with Gasteiger partial charge < -0.3 is 20.7 Å². The monoisotopic (exact) mass is 387 g/mol. The van der Waals surface area contributed by atoms with Crippen molar-refractivity contribution < 1.29 is 14.9 Å². The number of aromatic hydroxyl groups is 1. The fourth-order valence-corrected chi connectivity index (χ4v) is 2.65. The highest BCUT2D eigenvalue weighted by Gasteiger charge is 2.22. The number of hydrogen-bond donors (Lipinski definition) is 3. The molecule has 2 rings (SSSR count). The van der Waals surface area contributed by atoms with Crippen molar-refractivity contribution in [1.82, 2.24) is 0 Å². The largest absolute Gasteiger partial charge is 0.504 e. The molecule has 0 aliphatic rings. The Kier molecular flexibility index (Phi) is 7.16. The lowest BCUT2D eigenvalue weighted by atomic mass is 9.96. The van der Waals surface area contributed by atoms with Crippen molar-refractivity contribution >= 4 is 28.3 Å². The molecular formula is C16H19BrClNO3. The van der Waals surface area contributed by atoms with Crippen molar-refractivity contribution in [3.63, 3.8) is 0 Å². The van der Waals surface area contributed by atoms with Crippen LogP contribution >= 0.6 is 28.3 Å². The molecule has 0 saturated carbocycles. The number of rotatable bonds is 5. The predicted molar refractivity (Wildman–Crippen MR) is 92.7 cm³/mol. The van der Waals surface area contributed by atoms with E-state index in [2.05, 4.69) is 15.9 Å². The molecule has 0 aliphatic heterocycles. The first kappa shape index (κ1) is 18.8. The number of aliphatic hydroxyl groups excluding tert-OH is 1. The van der Waals surface area contributed by atoms with E-state index in [4.69, 9.17) is 10.5 Å². The van der Waals surface area contributed by atoms with Gasteiger partial charge in [0, 0.05) is 16.5 Å². The zero-order chi connectivity index (χ0) is 15.4. The van der Waals surface area contributed by atoms with Gasteiger partial charge in [0.05, 0.1) is 19.3 Å². The second-order valence-electron chi connectivity index (χ2n) is 4.83. The molecule has 0 amide bonds. The summed E-state index contributed by atoms with van der Waals surface area (Å²) < 4.78 is 5.83. The summed E-state index contributed by atoms with van der Waals surface area (Å²) in [7, 11) is 1.47. The molecule has 6 heteroatoms. The number of ether oxygens (including phenoxy) is 1. The molecule has 2 atom stereocenters. The third-order valence-electron chi connectivity index (χ3n) is 3.35. The van der Waals surface area contributed by atoms with Crippen molar-refractivity contribution in [3.8, 4) is 11.5 Å². The summed E-state index contributed by atoms with van der Waals surface area (Å²) in [6.45, 7) is 0. The van der Waals surface area contributed by atoms with Gasteiger partial charge in [-0.15, -0.1) is 12.4 Å². The SMILES string of the molecule is COc1cc(Br)cc([C@@H](N)[C@@H](O)Cc2ccccc2)c1O.Cl. The van der Waals surface area contributed by atoms with Crippen molar-refractivity contribution in [2.24, 2.45) is 5.73 Å². The van der Waals surface area contributed by atoms with Gasteiger partial charge in [0.15, 0.2) is 11.5 Å².